The number of aromatic nitrogens is 4. The fraction of sp³-hybridized carbons (Fsp3) is 0.111. The van der Waals surface area contributed by atoms with Crippen molar-refractivity contribution in [2.75, 3.05) is 0 Å². The first-order valence-corrected chi connectivity index (χ1v) is 4.41. The second kappa shape index (κ2) is 3.97. The molecule has 16 heavy (non-hydrogen) atoms. The van der Waals surface area contributed by atoms with Crippen molar-refractivity contribution < 1.29 is 14.6 Å². The lowest BCUT2D eigenvalue weighted by molar-refractivity contribution is 0.0693. The first kappa shape index (κ1) is 10.1. The maximum Gasteiger partial charge on any atom is 0.341 e. The van der Waals surface area contributed by atoms with Crippen LogP contribution in [0, 0.1) is 6.92 Å². The molecular weight excluding hydrogens is 212 g/mol. The average Bonchev–Trinajstić information content (AvgIpc) is 2.64. The molecule has 2 heterocycles. The molecule has 0 radical (unpaired) electrons. The van der Waals surface area contributed by atoms with Crippen LogP contribution >= 0.6 is 0 Å². The van der Waals surface area contributed by atoms with E-state index >= 15 is 0 Å². The van der Waals surface area contributed by atoms with Gasteiger partial charge in [-0.2, -0.15) is 5.10 Å². The number of ether oxygens (including phenoxy) is 1. The van der Waals surface area contributed by atoms with E-state index in [-0.39, 0.29) is 17.3 Å². The third-order valence-corrected chi connectivity index (χ3v) is 1.80. The molecule has 0 saturated heterocycles. The fourth-order valence-electron chi connectivity index (χ4n) is 1.10. The highest BCUT2D eigenvalue weighted by atomic mass is 16.5. The molecule has 2 aromatic rings. The molecule has 2 aromatic heterocycles. The SMILES string of the molecule is Cc1cc(Oc2nnccc2C(=O)O)n[nH]1. The Bertz CT molecular complexity index is 523. The molecule has 0 atom stereocenters. The molecule has 7 nitrogen and oxygen atoms in total. The number of carbonyl (C=O) groups is 1. The van der Waals surface area contributed by atoms with E-state index in [9.17, 15) is 4.79 Å². The van der Waals surface area contributed by atoms with E-state index in [0.29, 0.717) is 0 Å². The van der Waals surface area contributed by atoms with Crippen molar-refractivity contribution in [3.8, 4) is 11.8 Å². The van der Waals surface area contributed by atoms with Crippen LogP contribution in [0.1, 0.15) is 16.1 Å². The van der Waals surface area contributed by atoms with Crippen molar-refractivity contribution in [2.24, 2.45) is 0 Å². The van der Waals surface area contributed by atoms with Crippen LogP contribution in [-0.2, 0) is 0 Å². The zero-order valence-corrected chi connectivity index (χ0v) is 8.34. The van der Waals surface area contributed by atoms with Gasteiger partial charge in [-0.05, 0) is 13.0 Å². The lowest BCUT2D eigenvalue weighted by Crippen LogP contribution is -2.02. The Balaban J connectivity index is 2.31. The molecule has 0 aliphatic heterocycles. The number of nitrogens with one attached hydrogen (secondary N) is 1. The summed E-state index contributed by atoms with van der Waals surface area (Å²) in [5.41, 5.74) is 0.742. The Morgan fingerprint density at radius 2 is 2.38 bits per heavy atom. The lowest BCUT2D eigenvalue weighted by Gasteiger charge is -2.02. The maximum absolute atomic E-state index is 10.8. The second-order valence-electron chi connectivity index (χ2n) is 3.05. The van der Waals surface area contributed by atoms with Gasteiger partial charge in [0.05, 0.1) is 6.20 Å². The summed E-state index contributed by atoms with van der Waals surface area (Å²) in [5, 5.41) is 22.5. The minimum absolute atomic E-state index is 0.0596. The molecule has 2 rings (SSSR count). The number of aromatic carboxylic acids is 1. The highest BCUT2D eigenvalue weighted by molar-refractivity contribution is 5.89. The molecule has 2 N–H and O–H groups in total. The number of aromatic amines is 1. The van der Waals surface area contributed by atoms with Gasteiger partial charge in [0.2, 0.25) is 5.88 Å². The molecular formula is C9H8N4O3. The summed E-state index contributed by atoms with van der Waals surface area (Å²) in [6, 6.07) is 2.94. The van der Waals surface area contributed by atoms with Crippen LogP contribution in [0.5, 0.6) is 11.8 Å². The van der Waals surface area contributed by atoms with Crippen LogP contribution < -0.4 is 4.74 Å². The van der Waals surface area contributed by atoms with Crippen molar-refractivity contribution in [2.45, 2.75) is 6.92 Å². The van der Waals surface area contributed by atoms with Gasteiger partial charge < -0.3 is 9.84 Å². The molecule has 0 aliphatic carbocycles. The Hall–Kier alpha value is -2.44. The van der Waals surface area contributed by atoms with Crippen molar-refractivity contribution in [3.63, 3.8) is 0 Å². The fourth-order valence-corrected chi connectivity index (χ4v) is 1.10. The topological polar surface area (TPSA) is 101 Å². The van der Waals surface area contributed by atoms with Crippen molar-refractivity contribution in [1.82, 2.24) is 20.4 Å². The Morgan fingerprint density at radius 1 is 1.56 bits per heavy atom. The van der Waals surface area contributed by atoms with Gasteiger partial charge in [0.15, 0.2) is 0 Å². The van der Waals surface area contributed by atoms with Gasteiger partial charge in [0.1, 0.15) is 5.56 Å². The van der Waals surface area contributed by atoms with Crippen LogP contribution in [0.25, 0.3) is 0 Å². The Labute approximate surface area is 90.1 Å². The van der Waals surface area contributed by atoms with Crippen molar-refractivity contribution in [3.05, 3.63) is 29.6 Å². The average molecular weight is 220 g/mol. The number of carboxylic acid groups (broad SMARTS) is 1. The van der Waals surface area contributed by atoms with Gasteiger partial charge in [-0.1, -0.05) is 0 Å². The summed E-state index contributed by atoms with van der Waals surface area (Å²) in [6.45, 7) is 1.80. The highest BCUT2D eigenvalue weighted by Gasteiger charge is 2.14. The smallest absolute Gasteiger partial charge is 0.341 e. The van der Waals surface area contributed by atoms with Crippen LogP contribution in [0.3, 0.4) is 0 Å². The molecule has 0 unspecified atom stereocenters. The van der Waals surface area contributed by atoms with E-state index < -0.39 is 5.97 Å². The zero-order valence-electron chi connectivity index (χ0n) is 8.34. The van der Waals surface area contributed by atoms with Crippen molar-refractivity contribution in [1.29, 1.82) is 0 Å². The van der Waals surface area contributed by atoms with E-state index in [1.807, 2.05) is 0 Å². The zero-order chi connectivity index (χ0) is 11.5. The van der Waals surface area contributed by atoms with Gasteiger partial charge in [0.25, 0.3) is 5.88 Å². The molecule has 82 valence electrons. The molecule has 0 saturated carbocycles. The largest absolute Gasteiger partial charge is 0.477 e. The normalized spacial score (nSPS) is 10.1. The number of rotatable bonds is 3. The summed E-state index contributed by atoms with van der Waals surface area (Å²) >= 11 is 0. The summed E-state index contributed by atoms with van der Waals surface area (Å²) < 4.78 is 5.19. The number of hydrogen-bond acceptors (Lipinski definition) is 5. The first-order valence-electron chi connectivity index (χ1n) is 4.41. The monoisotopic (exact) mass is 220 g/mol. The number of H-pyrrole nitrogens is 1. The number of aryl methyl sites for hydroxylation is 1. The predicted molar refractivity (Wildman–Crippen MR) is 52.4 cm³/mol. The minimum atomic E-state index is -1.13. The summed E-state index contributed by atoms with van der Waals surface area (Å²) in [4.78, 5) is 10.8. The molecule has 0 aromatic carbocycles. The summed E-state index contributed by atoms with van der Waals surface area (Å²) in [6.07, 6.45) is 1.28. The predicted octanol–water partition coefficient (Wildman–Crippen LogP) is 0.999. The number of hydrogen-bond donors (Lipinski definition) is 2. The lowest BCUT2D eigenvalue weighted by atomic mass is 10.3. The van der Waals surface area contributed by atoms with Gasteiger partial charge in [-0.25, -0.2) is 4.79 Å². The van der Waals surface area contributed by atoms with Crippen molar-refractivity contribution >= 4 is 5.97 Å². The molecule has 7 heteroatoms. The second-order valence-corrected chi connectivity index (χ2v) is 3.05. The number of carboxylic acids is 1. The molecule has 0 fully saturated rings. The van der Waals surface area contributed by atoms with Crippen LogP contribution in [-0.4, -0.2) is 31.5 Å². The van der Waals surface area contributed by atoms with Crippen LogP contribution in [0.2, 0.25) is 0 Å². The summed E-state index contributed by atoms with van der Waals surface area (Å²) in [5.74, 6) is -0.959. The summed E-state index contributed by atoms with van der Waals surface area (Å²) in [7, 11) is 0. The van der Waals surface area contributed by atoms with E-state index in [2.05, 4.69) is 20.4 Å². The quantitative estimate of drug-likeness (QED) is 0.800. The molecule has 0 bridgehead atoms. The van der Waals surface area contributed by atoms with E-state index in [1.165, 1.54) is 12.3 Å². The third-order valence-electron chi connectivity index (χ3n) is 1.80. The minimum Gasteiger partial charge on any atom is -0.477 e. The highest BCUT2D eigenvalue weighted by Crippen LogP contribution is 2.20. The van der Waals surface area contributed by atoms with E-state index in [1.54, 1.807) is 13.0 Å². The first-order chi connectivity index (χ1) is 7.66. The van der Waals surface area contributed by atoms with Gasteiger partial charge in [-0.3, -0.25) is 5.10 Å². The van der Waals surface area contributed by atoms with Crippen LogP contribution in [0.4, 0.5) is 0 Å². The molecule has 0 aliphatic rings. The Kier molecular flexibility index (Phi) is 2.50. The van der Waals surface area contributed by atoms with E-state index in [0.717, 1.165) is 5.69 Å². The number of nitrogens with zero attached hydrogens (tertiary/aromatic N) is 3. The molecule has 0 amide bonds. The third kappa shape index (κ3) is 1.97. The van der Waals surface area contributed by atoms with Crippen LogP contribution in [0.15, 0.2) is 18.3 Å². The van der Waals surface area contributed by atoms with Gasteiger partial charge in [-0.15, -0.1) is 10.2 Å². The maximum atomic E-state index is 10.8. The molecule has 0 spiro atoms. The van der Waals surface area contributed by atoms with Gasteiger partial charge >= 0.3 is 5.97 Å². The van der Waals surface area contributed by atoms with E-state index in [4.69, 9.17) is 9.84 Å². The van der Waals surface area contributed by atoms with Gasteiger partial charge in [0, 0.05) is 11.8 Å². The Morgan fingerprint density at radius 3 is 3.00 bits per heavy atom. The standard InChI is InChI=1S/C9H8N4O3/c1-5-4-7(12-11-5)16-8-6(9(14)15)2-3-10-13-8/h2-4H,1H3,(H,11,12)(H,14,15).